The number of carbonyl (C=O) groups excluding carboxylic acids is 1. The van der Waals surface area contributed by atoms with Gasteiger partial charge in [0.1, 0.15) is 5.75 Å². The monoisotopic (exact) mass is 290 g/mol. The number of carbonyl (C=O) groups is 1. The molecule has 1 amide bonds. The maximum atomic E-state index is 12.0. The Labute approximate surface area is 127 Å². The Hall–Kier alpha value is -1.55. The molecule has 0 aliphatic carbocycles. The number of piperidine rings is 1. The fourth-order valence-electron chi connectivity index (χ4n) is 2.74. The van der Waals surface area contributed by atoms with Gasteiger partial charge in [0.05, 0.1) is 13.0 Å². The molecule has 4 heteroatoms. The lowest BCUT2D eigenvalue weighted by atomic mass is 9.95. The van der Waals surface area contributed by atoms with Crippen molar-refractivity contribution in [2.45, 2.75) is 39.7 Å². The first-order chi connectivity index (χ1) is 10.0. The van der Waals surface area contributed by atoms with E-state index in [1.165, 1.54) is 11.1 Å². The van der Waals surface area contributed by atoms with Gasteiger partial charge in [-0.2, -0.15) is 0 Å². The molecule has 2 atom stereocenters. The van der Waals surface area contributed by atoms with E-state index in [9.17, 15) is 4.79 Å². The minimum atomic E-state index is 0.0694. The number of nitrogens with one attached hydrogen (secondary N) is 2. The topological polar surface area (TPSA) is 50.4 Å². The summed E-state index contributed by atoms with van der Waals surface area (Å²) < 4.78 is 5.68. The first-order valence-electron chi connectivity index (χ1n) is 7.76. The summed E-state index contributed by atoms with van der Waals surface area (Å²) in [5.41, 5.74) is 2.35. The van der Waals surface area contributed by atoms with Gasteiger partial charge in [-0.1, -0.05) is 13.0 Å². The van der Waals surface area contributed by atoms with Crippen LogP contribution in [0.5, 0.6) is 5.75 Å². The molecule has 2 N–H and O–H groups in total. The number of benzene rings is 1. The highest BCUT2D eigenvalue weighted by atomic mass is 16.5. The summed E-state index contributed by atoms with van der Waals surface area (Å²) >= 11 is 0. The van der Waals surface area contributed by atoms with Gasteiger partial charge < -0.3 is 15.4 Å². The maximum Gasteiger partial charge on any atom is 0.223 e. The molecule has 0 spiro atoms. The van der Waals surface area contributed by atoms with E-state index >= 15 is 0 Å². The van der Waals surface area contributed by atoms with Crippen LogP contribution < -0.4 is 15.4 Å². The number of ether oxygens (including phenoxy) is 1. The molecule has 1 aliphatic rings. The van der Waals surface area contributed by atoms with Crippen LogP contribution in [-0.4, -0.2) is 31.6 Å². The van der Waals surface area contributed by atoms with Gasteiger partial charge in [-0.15, -0.1) is 0 Å². The van der Waals surface area contributed by atoms with Crippen LogP contribution in [0.4, 0.5) is 0 Å². The molecule has 0 radical (unpaired) electrons. The first kappa shape index (κ1) is 15.8. The Bertz CT molecular complexity index is 467. The van der Waals surface area contributed by atoms with Crippen molar-refractivity contribution < 1.29 is 9.53 Å². The number of aryl methyl sites for hydroxylation is 2. The summed E-state index contributed by atoms with van der Waals surface area (Å²) in [4.78, 5) is 12.0. The van der Waals surface area contributed by atoms with Crippen LogP contribution >= 0.6 is 0 Å². The number of hydrogen-bond donors (Lipinski definition) is 2. The molecule has 2 rings (SSSR count). The summed E-state index contributed by atoms with van der Waals surface area (Å²) in [6.07, 6.45) is 1.51. The van der Waals surface area contributed by atoms with Crippen LogP contribution in [0.2, 0.25) is 0 Å². The molecule has 2 unspecified atom stereocenters. The second kappa shape index (κ2) is 7.46. The van der Waals surface area contributed by atoms with Crippen LogP contribution in [0.1, 0.15) is 30.9 Å². The van der Waals surface area contributed by atoms with Crippen LogP contribution in [0, 0.1) is 19.8 Å². The number of hydrogen-bond acceptors (Lipinski definition) is 3. The van der Waals surface area contributed by atoms with Crippen molar-refractivity contribution in [3.8, 4) is 5.75 Å². The van der Waals surface area contributed by atoms with Gasteiger partial charge in [0.25, 0.3) is 0 Å². The Balaban J connectivity index is 1.73. The van der Waals surface area contributed by atoms with Gasteiger partial charge in [0.15, 0.2) is 0 Å². The fraction of sp³-hybridized carbons (Fsp3) is 0.588. The molecule has 0 saturated carbocycles. The molecule has 1 saturated heterocycles. The van der Waals surface area contributed by atoms with Gasteiger partial charge in [-0.05, 0) is 56.0 Å². The van der Waals surface area contributed by atoms with E-state index in [1.54, 1.807) is 0 Å². The summed E-state index contributed by atoms with van der Waals surface area (Å²) in [6, 6.07) is 6.35. The van der Waals surface area contributed by atoms with Crippen molar-refractivity contribution in [3.63, 3.8) is 0 Å². The minimum Gasteiger partial charge on any atom is -0.493 e. The van der Waals surface area contributed by atoms with Crippen LogP contribution in [0.3, 0.4) is 0 Å². The minimum absolute atomic E-state index is 0.0694. The molecule has 1 aromatic carbocycles. The average molecular weight is 290 g/mol. The van der Waals surface area contributed by atoms with Gasteiger partial charge in [-0.3, -0.25) is 4.79 Å². The highest BCUT2D eigenvalue weighted by Crippen LogP contribution is 2.16. The predicted molar refractivity (Wildman–Crippen MR) is 84.6 cm³/mol. The van der Waals surface area contributed by atoms with E-state index in [0.717, 1.165) is 25.3 Å². The zero-order chi connectivity index (χ0) is 15.2. The van der Waals surface area contributed by atoms with Crippen LogP contribution in [0.25, 0.3) is 0 Å². The molecule has 116 valence electrons. The summed E-state index contributed by atoms with van der Waals surface area (Å²) in [5.74, 6) is 1.45. The van der Waals surface area contributed by atoms with Crippen LogP contribution in [0.15, 0.2) is 18.2 Å². The number of amides is 1. The van der Waals surface area contributed by atoms with Gasteiger partial charge >= 0.3 is 0 Å². The van der Waals surface area contributed by atoms with Crippen LogP contribution in [-0.2, 0) is 4.79 Å². The van der Waals surface area contributed by atoms with E-state index in [4.69, 9.17) is 4.74 Å². The molecule has 0 bridgehead atoms. The molecule has 1 aromatic rings. The molecular formula is C17H26N2O2. The second-order valence-corrected chi connectivity index (χ2v) is 6.07. The third kappa shape index (κ3) is 5.05. The number of rotatable bonds is 5. The Morgan fingerprint density at radius 2 is 2.05 bits per heavy atom. The van der Waals surface area contributed by atoms with Gasteiger partial charge in [0.2, 0.25) is 5.91 Å². The highest BCUT2D eigenvalue weighted by molar-refractivity contribution is 5.76. The Kier molecular flexibility index (Phi) is 5.62. The quantitative estimate of drug-likeness (QED) is 0.874. The lowest BCUT2D eigenvalue weighted by molar-refractivity contribution is -0.122. The van der Waals surface area contributed by atoms with Crippen molar-refractivity contribution >= 4 is 5.91 Å². The Morgan fingerprint density at radius 1 is 1.33 bits per heavy atom. The summed E-state index contributed by atoms with van der Waals surface area (Å²) in [7, 11) is 0. The molecule has 0 aromatic heterocycles. The first-order valence-corrected chi connectivity index (χ1v) is 7.76. The van der Waals surface area contributed by atoms with E-state index < -0.39 is 0 Å². The van der Waals surface area contributed by atoms with Crippen molar-refractivity contribution in [2.75, 3.05) is 19.7 Å². The lowest BCUT2D eigenvalue weighted by Gasteiger charge is -2.30. The predicted octanol–water partition coefficient (Wildman–Crippen LogP) is 2.19. The smallest absolute Gasteiger partial charge is 0.223 e. The van der Waals surface area contributed by atoms with E-state index in [1.807, 2.05) is 26.0 Å². The largest absolute Gasteiger partial charge is 0.493 e. The molecule has 1 heterocycles. The molecule has 1 aliphatic heterocycles. The zero-order valence-electron chi connectivity index (χ0n) is 13.2. The van der Waals surface area contributed by atoms with E-state index in [2.05, 4.69) is 23.6 Å². The van der Waals surface area contributed by atoms with E-state index in [0.29, 0.717) is 18.9 Å². The maximum absolute atomic E-state index is 12.0. The standard InChI is InChI=1S/C17H26N2O2/c1-12-8-13(2)10-15(9-12)21-7-5-17(20)19-16-11-18-6-4-14(16)3/h8-10,14,16,18H,4-7,11H2,1-3H3,(H,19,20). The molecule has 1 fully saturated rings. The third-order valence-electron chi connectivity index (χ3n) is 3.97. The second-order valence-electron chi connectivity index (χ2n) is 6.07. The van der Waals surface area contributed by atoms with Gasteiger partial charge in [-0.25, -0.2) is 0 Å². The Morgan fingerprint density at radius 3 is 2.71 bits per heavy atom. The fourth-order valence-corrected chi connectivity index (χ4v) is 2.74. The molecule has 21 heavy (non-hydrogen) atoms. The highest BCUT2D eigenvalue weighted by Gasteiger charge is 2.22. The summed E-state index contributed by atoms with van der Waals surface area (Å²) in [6.45, 7) is 8.61. The van der Waals surface area contributed by atoms with E-state index in [-0.39, 0.29) is 11.9 Å². The van der Waals surface area contributed by atoms with Crippen molar-refractivity contribution in [3.05, 3.63) is 29.3 Å². The average Bonchev–Trinajstić information content (AvgIpc) is 2.40. The van der Waals surface area contributed by atoms with Crippen molar-refractivity contribution in [2.24, 2.45) is 5.92 Å². The third-order valence-corrected chi connectivity index (χ3v) is 3.97. The van der Waals surface area contributed by atoms with Crippen molar-refractivity contribution in [1.82, 2.24) is 10.6 Å². The summed E-state index contributed by atoms with van der Waals surface area (Å²) in [5, 5.41) is 6.42. The van der Waals surface area contributed by atoms with Gasteiger partial charge in [0, 0.05) is 12.6 Å². The van der Waals surface area contributed by atoms with Crippen molar-refractivity contribution in [1.29, 1.82) is 0 Å². The molecule has 4 nitrogen and oxygen atoms in total. The SMILES string of the molecule is Cc1cc(C)cc(OCCC(=O)NC2CNCCC2C)c1. The molecular weight excluding hydrogens is 264 g/mol. The zero-order valence-corrected chi connectivity index (χ0v) is 13.2. The normalized spacial score (nSPS) is 21.9. The lowest BCUT2D eigenvalue weighted by Crippen LogP contribution is -2.50.